The number of carbonyl (C=O) groups excluding carboxylic acids is 2. The number of hydrogen-bond acceptors (Lipinski definition) is 4. The van der Waals surface area contributed by atoms with Crippen LogP contribution in [0.4, 0.5) is 0 Å². The van der Waals surface area contributed by atoms with Crippen molar-refractivity contribution < 1.29 is 9.59 Å². The number of rotatable bonds is 6. The molecule has 0 aromatic carbocycles. The molecule has 0 unspecified atom stereocenters. The Bertz CT molecular complexity index is 486. The molecule has 120 valence electrons. The molecule has 2 rings (SSSR count). The summed E-state index contributed by atoms with van der Waals surface area (Å²) in [5, 5.41) is 3.07. The standard InChI is InChI=1S/C16H24N4O2/c1-2-20(16(22)14-12-17-9-10-18-14)11-8-15(21)19-13-6-4-3-5-7-13/h9-10,12-13H,2-8,11H2,1H3,(H,19,21). The number of nitrogens with zero attached hydrogens (tertiary/aromatic N) is 3. The maximum Gasteiger partial charge on any atom is 0.274 e. The van der Waals surface area contributed by atoms with Crippen LogP contribution in [0.2, 0.25) is 0 Å². The molecule has 0 spiro atoms. The van der Waals surface area contributed by atoms with E-state index >= 15 is 0 Å². The molecule has 1 fully saturated rings. The highest BCUT2D eigenvalue weighted by molar-refractivity contribution is 5.92. The summed E-state index contributed by atoms with van der Waals surface area (Å²) in [6.45, 7) is 2.85. The number of amides is 2. The molecule has 0 atom stereocenters. The van der Waals surface area contributed by atoms with Crippen LogP contribution >= 0.6 is 0 Å². The highest BCUT2D eigenvalue weighted by Gasteiger charge is 2.19. The topological polar surface area (TPSA) is 75.2 Å². The van der Waals surface area contributed by atoms with Crippen molar-refractivity contribution in [2.24, 2.45) is 0 Å². The minimum absolute atomic E-state index is 0.0253. The van der Waals surface area contributed by atoms with Crippen LogP contribution in [0.1, 0.15) is 55.9 Å². The molecule has 0 saturated heterocycles. The van der Waals surface area contributed by atoms with E-state index in [1.54, 1.807) is 4.90 Å². The van der Waals surface area contributed by atoms with Gasteiger partial charge >= 0.3 is 0 Å². The fourth-order valence-electron chi connectivity index (χ4n) is 2.76. The van der Waals surface area contributed by atoms with Gasteiger partial charge in [-0.15, -0.1) is 0 Å². The molecule has 22 heavy (non-hydrogen) atoms. The summed E-state index contributed by atoms with van der Waals surface area (Å²) < 4.78 is 0. The van der Waals surface area contributed by atoms with Crippen LogP contribution in [0.5, 0.6) is 0 Å². The van der Waals surface area contributed by atoms with Crippen LogP contribution < -0.4 is 5.32 Å². The first-order valence-corrected chi connectivity index (χ1v) is 8.05. The van der Waals surface area contributed by atoms with Gasteiger partial charge in [0.25, 0.3) is 5.91 Å². The average molecular weight is 304 g/mol. The van der Waals surface area contributed by atoms with Crippen molar-refractivity contribution in [1.29, 1.82) is 0 Å². The van der Waals surface area contributed by atoms with E-state index < -0.39 is 0 Å². The molecular weight excluding hydrogens is 280 g/mol. The van der Waals surface area contributed by atoms with Gasteiger partial charge in [-0.25, -0.2) is 4.98 Å². The lowest BCUT2D eigenvalue weighted by molar-refractivity contribution is -0.122. The van der Waals surface area contributed by atoms with Gasteiger partial charge in [-0.2, -0.15) is 0 Å². The molecular formula is C16H24N4O2. The van der Waals surface area contributed by atoms with Crippen LogP contribution in [-0.2, 0) is 4.79 Å². The summed E-state index contributed by atoms with van der Waals surface area (Å²) in [6.07, 6.45) is 10.6. The second-order valence-electron chi connectivity index (χ2n) is 5.63. The van der Waals surface area contributed by atoms with E-state index in [-0.39, 0.29) is 11.8 Å². The van der Waals surface area contributed by atoms with Gasteiger partial charge in [0.15, 0.2) is 0 Å². The van der Waals surface area contributed by atoms with Gasteiger partial charge in [0.05, 0.1) is 6.20 Å². The Hall–Kier alpha value is -1.98. The van der Waals surface area contributed by atoms with Crippen LogP contribution in [0.3, 0.4) is 0 Å². The highest BCUT2D eigenvalue weighted by Crippen LogP contribution is 2.17. The average Bonchev–Trinajstić information content (AvgIpc) is 2.57. The predicted octanol–water partition coefficient (Wildman–Crippen LogP) is 1.78. The van der Waals surface area contributed by atoms with E-state index in [0.29, 0.717) is 31.2 Å². The lowest BCUT2D eigenvalue weighted by Gasteiger charge is -2.24. The summed E-state index contributed by atoms with van der Waals surface area (Å²) in [5.74, 6) is -0.154. The van der Waals surface area contributed by atoms with Gasteiger partial charge in [-0.05, 0) is 19.8 Å². The number of hydrogen-bond donors (Lipinski definition) is 1. The first-order chi connectivity index (χ1) is 10.7. The quantitative estimate of drug-likeness (QED) is 0.869. The maximum atomic E-state index is 12.3. The van der Waals surface area contributed by atoms with Crippen molar-refractivity contribution in [3.8, 4) is 0 Å². The molecule has 6 heteroatoms. The summed E-state index contributed by atoms with van der Waals surface area (Å²) in [7, 11) is 0. The van der Waals surface area contributed by atoms with Crippen molar-refractivity contribution >= 4 is 11.8 Å². The van der Waals surface area contributed by atoms with Crippen molar-refractivity contribution in [3.63, 3.8) is 0 Å². The third-order valence-electron chi connectivity index (χ3n) is 4.03. The van der Waals surface area contributed by atoms with E-state index in [9.17, 15) is 9.59 Å². The number of nitrogens with one attached hydrogen (secondary N) is 1. The Kier molecular flexibility index (Phi) is 6.30. The van der Waals surface area contributed by atoms with E-state index in [1.165, 1.54) is 37.9 Å². The zero-order valence-corrected chi connectivity index (χ0v) is 13.1. The van der Waals surface area contributed by atoms with Gasteiger partial charge in [0.2, 0.25) is 5.91 Å². The Morgan fingerprint density at radius 3 is 2.68 bits per heavy atom. The molecule has 1 aromatic rings. The highest BCUT2D eigenvalue weighted by atomic mass is 16.2. The van der Waals surface area contributed by atoms with E-state index in [0.717, 1.165) is 12.8 Å². The number of aromatic nitrogens is 2. The summed E-state index contributed by atoms with van der Waals surface area (Å²) in [6, 6.07) is 0.312. The van der Waals surface area contributed by atoms with Gasteiger partial charge in [0.1, 0.15) is 5.69 Å². The van der Waals surface area contributed by atoms with Crippen molar-refractivity contribution in [2.75, 3.05) is 13.1 Å². The Labute approximate surface area is 131 Å². The van der Waals surface area contributed by atoms with Crippen LogP contribution in [0.15, 0.2) is 18.6 Å². The fraction of sp³-hybridized carbons (Fsp3) is 0.625. The SMILES string of the molecule is CCN(CCC(=O)NC1CCCCC1)C(=O)c1cnccn1. The van der Waals surface area contributed by atoms with Crippen molar-refractivity contribution in [3.05, 3.63) is 24.3 Å². The zero-order chi connectivity index (χ0) is 15.8. The van der Waals surface area contributed by atoms with Gasteiger partial charge < -0.3 is 10.2 Å². The molecule has 1 heterocycles. The third-order valence-corrected chi connectivity index (χ3v) is 4.03. The van der Waals surface area contributed by atoms with E-state index in [2.05, 4.69) is 15.3 Å². The minimum Gasteiger partial charge on any atom is -0.353 e. The van der Waals surface area contributed by atoms with Gasteiger partial charge in [-0.1, -0.05) is 19.3 Å². The van der Waals surface area contributed by atoms with Crippen LogP contribution in [0.25, 0.3) is 0 Å². The Morgan fingerprint density at radius 2 is 2.05 bits per heavy atom. The molecule has 1 saturated carbocycles. The van der Waals surface area contributed by atoms with Crippen molar-refractivity contribution in [2.45, 2.75) is 51.5 Å². The molecule has 0 aliphatic heterocycles. The molecule has 1 aromatic heterocycles. The minimum atomic E-state index is -0.180. The lowest BCUT2D eigenvalue weighted by Crippen LogP contribution is -2.39. The molecule has 1 aliphatic carbocycles. The second-order valence-corrected chi connectivity index (χ2v) is 5.63. The van der Waals surface area contributed by atoms with Crippen LogP contribution in [-0.4, -0.2) is 45.8 Å². The number of carbonyl (C=O) groups is 2. The normalized spacial score (nSPS) is 15.3. The Balaban J connectivity index is 1.80. The summed E-state index contributed by atoms with van der Waals surface area (Å²) >= 11 is 0. The fourth-order valence-corrected chi connectivity index (χ4v) is 2.76. The van der Waals surface area contributed by atoms with E-state index in [1.807, 2.05) is 6.92 Å². The van der Waals surface area contributed by atoms with Gasteiger partial charge in [0, 0.05) is 37.9 Å². The summed E-state index contributed by atoms with van der Waals surface area (Å²) in [4.78, 5) is 33.8. The molecule has 0 bridgehead atoms. The lowest BCUT2D eigenvalue weighted by atomic mass is 9.95. The third kappa shape index (κ3) is 4.79. The first-order valence-electron chi connectivity index (χ1n) is 8.05. The predicted molar refractivity (Wildman–Crippen MR) is 83.2 cm³/mol. The summed E-state index contributed by atoms with van der Waals surface area (Å²) in [5.41, 5.74) is 0.317. The second kappa shape index (κ2) is 8.46. The van der Waals surface area contributed by atoms with Crippen LogP contribution in [0, 0.1) is 0 Å². The zero-order valence-electron chi connectivity index (χ0n) is 13.1. The molecule has 2 amide bonds. The van der Waals surface area contributed by atoms with E-state index in [4.69, 9.17) is 0 Å². The van der Waals surface area contributed by atoms with Crippen molar-refractivity contribution in [1.82, 2.24) is 20.2 Å². The smallest absolute Gasteiger partial charge is 0.274 e. The molecule has 6 nitrogen and oxygen atoms in total. The molecule has 1 aliphatic rings. The molecule has 0 radical (unpaired) electrons. The van der Waals surface area contributed by atoms with Gasteiger partial charge in [-0.3, -0.25) is 14.6 Å². The largest absolute Gasteiger partial charge is 0.353 e. The monoisotopic (exact) mass is 304 g/mol. The molecule has 1 N–H and O–H groups in total. The maximum absolute atomic E-state index is 12.3. The Morgan fingerprint density at radius 1 is 1.27 bits per heavy atom. The first kappa shape index (κ1) is 16.4.